The number of piperidine rings is 1. The zero-order valence-corrected chi connectivity index (χ0v) is 13.3. The Bertz CT molecular complexity index is 514. The van der Waals surface area contributed by atoms with Crippen LogP contribution in [0.2, 0.25) is 0 Å². The Morgan fingerprint density at radius 1 is 1.35 bits per heavy atom. The third-order valence-corrected chi connectivity index (χ3v) is 4.78. The number of rotatable bonds is 2. The van der Waals surface area contributed by atoms with Crippen LogP contribution in [0.5, 0.6) is 0 Å². The van der Waals surface area contributed by atoms with Crippen LogP contribution in [0, 0.1) is 6.92 Å². The number of aryl methyl sites for hydroxylation is 1. The molecule has 2 aliphatic heterocycles. The lowest BCUT2D eigenvalue weighted by molar-refractivity contribution is 0.187. The lowest BCUT2D eigenvalue weighted by Gasteiger charge is -2.31. The topological polar surface area (TPSA) is 35.6 Å². The average molecular weight is 338 g/mol. The molecule has 0 bridgehead atoms. The van der Waals surface area contributed by atoms with Crippen LogP contribution in [0.3, 0.4) is 0 Å². The summed E-state index contributed by atoms with van der Waals surface area (Å²) in [6.45, 7) is 5.66. The van der Waals surface area contributed by atoms with E-state index in [4.69, 9.17) is 0 Å². The van der Waals surface area contributed by atoms with Gasteiger partial charge in [-0.2, -0.15) is 0 Å². The summed E-state index contributed by atoms with van der Waals surface area (Å²) in [6.07, 6.45) is 2.27. The number of hydrogen-bond donors (Lipinski definition) is 1. The van der Waals surface area contributed by atoms with Crippen molar-refractivity contribution in [3.05, 3.63) is 28.2 Å². The molecule has 1 unspecified atom stereocenters. The van der Waals surface area contributed by atoms with Crippen molar-refractivity contribution < 1.29 is 4.79 Å². The van der Waals surface area contributed by atoms with Gasteiger partial charge in [0, 0.05) is 30.1 Å². The standard InChI is InChI=1S/C15H20BrN3O/c1-11-4-5-14(13(16)9-11)19-8-7-18(15(19)20)12-3-2-6-17-10-12/h4-5,9,12,17H,2-3,6-8,10H2,1H3. The van der Waals surface area contributed by atoms with Gasteiger partial charge in [-0.25, -0.2) is 4.79 Å². The van der Waals surface area contributed by atoms with E-state index in [0.29, 0.717) is 6.04 Å². The van der Waals surface area contributed by atoms with E-state index in [9.17, 15) is 4.79 Å². The van der Waals surface area contributed by atoms with Gasteiger partial charge < -0.3 is 10.2 Å². The van der Waals surface area contributed by atoms with E-state index < -0.39 is 0 Å². The Balaban J connectivity index is 1.78. The first-order valence-corrected chi connectivity index (χ1v) is 8.01. The summed E-state index contributed by atoms with van der Waals surface area (Å²) in [5.41, 5.74) is 2.17. The van der Waals surface area contributed by atoms with Crippen LogP contribution in [0.4, 0.5) is 10.5 Å². The van der Waals surface area contributed by atoms with Gasteiger partial charge in [-0.3, -0.25) is 4.90 Å². The van der Waals surface area contributed by atoms with Crippen molar-refractivity contribution in [2.75, 3.05) is 31.1 Å². The SMILES string of the molecule is Cc1ccc(N2CCN(C3CCCNC3)C2=O)c(Br)c1. The van der Waals surface area contributed by atoms with E-state index in [1.54, 1.807) is 0 Å². The Kier molecular flexibility index (Phi) is 3.98. The summed E-state index contributed by atoms with van der Waals surface area (Å²) in [6, 6.07) is 6.64. The molecule has 1 N–H and O–H groups in total. The number of amides is 2. The zero-order chi connectivity index (χ0) is 14.1. The molecule has 20 heavy (non-hydrogen) atoms. The highest BCUT2D eigenvalue weighted by Crippen LogP contribution is 2.31. The molecule has 4 nitrogen and oxygen atoms in total. The minimum Gasteiger partial charge on any atom is -0.318 e. The lowest BCUT2D eigenvalue weighted by atomic mass is 10.1. The molecule has 1 atom stereocenters. The summed E-state index contributed by atoms with van der Waals surface area (Å²) >= 11 is 3.58. The molecule has 0 aromatic heterocycles. The maximum absolute atomic E-state index is 12.6. The number of urea groups is 1. The minimum absolute atomic E-state index is 0.142. The van der Waals surface area contributed by atoms with Crippen LogP contribution in [-0.4, -0.2) is 43.2 Å². The molecule has 0 saturated carbocycles. The maximum Gasteiger partial charge on any atom is 0.324 e. The Hall–Kier alpha value is -1.07. The van der Waals surface area contributed by atoms with Crippen molar-refractivity contribution in [2.45, 2.75) is 25.8 Å². The number of carbonyl (C=O) groups is 1. The van der Waals surface area contributed by atoms with Gasteiger partial charge in [0.05, 0.1) is 5.69 Å². The molecule has 1 aromatic carbocycles. The van der Waals surface area contributed by atoms with Crippen molar-refractivity contribution in [3.8, 4) is 0 Å². The summed E-state index contributed by atoms with van der Waals surface area (Å²) in [5.74, 6) is 0. The predicted molar refractivity (Wildman–Crippen MR) is 84.2 cm³/mol. The van der Waals surface area contributed by atoms with E-state index in [1.165, 1.54) is 5.56 Å². The fraction of sp³-hybridized carbons (Fsp3) is 0.533. The highest BCUT2D eigenvalue weighted by atomic mass is 79.9. The molecule has 0 spiro atoms. The van der Waals surface area contributed by atoms with Crippen LogP contribution in [0.25, 0.3) is 0 Å². The quantitative estimate of drug-likeness (QED) is 0.900. The van der Waals surface area contributed by atoms with Gasteiger partial charge in [-0.05, 0) is 59.9 Å². The lowest BCUT2D eigenvalue weighted by Crippen LogP contribution is -2.47. The van der Waals surface area contributed by atoms with Gasteiger partial charge in [0.25, 0.3) is 0 Å². The normalized spacial score (nSPS) is 23.5. The molecule has 2 aliphatic rings. The number of anilines is 1. The van der Waals surface area contributed by atoms with Crippen LogP contribution in [0.15, 0.2) is 22.7 Å². The van der Waals surface area contributed by atoms with Gasteiger partial charge in [0.15, 0.2) is 0 Å². The second-order valence-corrected chi connectivity index (χ2v) is 6.44. The molecule has 2 fully saturated rings. The first-order chi connectivity index (χ1) is 9.66. The van der Waals surface area contributed by atoms with E-state index in [-0.39, 0.29) is 6.03 Å². The average Bonchev–Trinajstić information content (AvgIpc) is 2.82. The first-order valence-electron chi connectivity index (χ1n) is 7.22. The second-order valence-electron chi connectivity index (χ2n) is 5.58. The predicted octanol–water partition coefficient (Wildman–Crippen LogP) is 2.75. The monoisotopic (exact) mass is 337 g/mol. The molecule has 0 radical (unpaired) electrons. The van der Waals surface area contributed by atoms with Gasteiger partial charge in [-0.1, -0.05) is 6.07 Å². The van der Waals surface area contributed by atoms with Gasteiger partial charge >= 0.3 is 6.03 Å². The third-order valence-electron chi connectivity index (χ3n) is 4.15. The van der Waals surface area contributed by atoms with Crippen molar-refractivity contribution in [3.63, 3.8) is 0 Å². The second kappa shape index (κ2) is 5.74. The Morgan fingerprint density at radius 2 is 2.20 bits per heavy atom. The summed E-state index contributed by atoms with van der Waals surface area (Å²) in [7, 11) is 0. The third kappa shape index (κ3) is 2.56. The van der Waals surface area contributed by atoms with Gasteiger partial charge in [0.2, 0.25) is 0 Å². The summed E-state index contributed by atoms with van der Waals surface area (Å²) in [4.78, 5) is 16.6. The molecule has 108 valence electrons. The Morgan fingerprint density at radius 3 is 2.90 bits per heavy atom. The number of carbonyl (C=O) groups excluding carboxylic acids is 1. The number of benzene rings is 1. The summed E-state index contributed by atoms with van der Waals surface area (Å²) < 4.78 is 0.995. The first kappa shape index (κ1) is 13.9. The van der Waals surface area contributed by atoms with Gasteiger partial charge in [0.1, 0.15) is 0 Å². The van der Waals surface area contributed by atoms with E-state index in [0.717, 1.165) is 49.2 Å². The molecular formula is C15H20BrN3O. The zero-order valence-electron chi connectivity index (χ0n) is 11.7. The van der Waals surface area contributed by atoms with E-state index >= 15 is 0 Å². The number of nitrogens with zero attached hydrogens (tertiary/aromatic N) is 2. The van der Waals surface area contributed by atoms with E-state index in [2.05, 4.69) is 40.3 Å². The molecule has 2 amide bonds. The number of hydrogen-bond acceptors (Lipinski definition) is 2. The molecular weight excluding hydrogens is 318 g/mol. The molecule has 0 aliphatic carbocycles. The maximum atomic E-state index is 12.6. The van der Waals surface area contributed by atoms with Gasteiger partial charge in [-0.15, -0.1) is 0 Å². The van der Waals surface area contributed by atoms with Crippen molar-refractivity contribution in [2.24, 2.45) is 0 Å². The molecule has 2 heterocycles. The summed E-state index contributed by atoms with van der Waals surface area (Å²) in [5, 5.41) is 3.38. The number of halogens is 1. The minimum atomic E-state index is 0.142. The highest BCUT2D eigenvalue weighted by Gasteiger charge is 2.35. The molecule has 2 saturated heterocycles. The smallest absolute Gasteiger partial charge is 0.318 e. The van der Waals surface area contributed by atoms with Crippen LogP contribution in [-0.2, 0) is 0 Å². The van der Waals surface area contributed by atoms with Crippen LogP contribution < -0.4 is 10.2 Å². The van der Waals surface area contributed by atoms with Crippen LogP contribution >= 0.6 is 15.9 Å². The van der Waals surface area contributed by atoms with Crippen molar-refractivity contribution in [1.82, 2.24) is 10.2 Å². The fourth-order valence-electron chi connectivity index (χ4n) is 3.05. The number of nitrogens with one attached hydrogen (secondary N) is 1. The van der Waals surface area contributed by atoms with Crippen molar-refractivity contribution >= 4 is 27.6 Å². The Labute approximate surface area is 128 Å². The van der Waals surface area contributed by atoms with E-state index in [1.807, 2.05) is 15.9 Å². The highest BCUT2D eigenvalue weighted by molar-refractivity contribution is 9.10. The largest absolute Gasteiger partial charge is 0.324 e. The fourth-order valence-corrected chi connectivity index (χ4v) is 3.75. The molecule has 5 heteroatoms. The van der Waals surface area contributed by atoms with Crippen molar-refractivity contribution in [1.29, 1.82) is 0 Å². The molecule has 1 aromatic rings. The van der Waals surface area contributed by atoms with Crippen LogP contribution in [0.1, 0.15) is 18.4 Å². The molecule has 3 rings (SSSR count).